The van der Waals surface area contributed by atoms with Crippen molar-refractivity contribution in [2.24, 2.45) is 0 Å². The molecule has 0 saturated heterocycles. The van der Waals surface area contributed by atoms with Crippen molar-refractivity contribution in [3.8, 4) is 0 Å². The van der Waals surface area contributed by atoms with Gasteiger partial charge in [-0.25, -0.2) is 0 Å². The summed E-state index contributed by atoms with van der Waals surface area (Å²) in [5.74, 6) is -0.525. The first-order chi connectivity index (χ1) is 22.6. The maximum atomic E-state index is 12.0. The number of esters is 1. The molecule has 0 aliphatic carbocycles. The zero-order valence-electron chi connectivity index (χ0n) is 29.9. The van der Waals surface area contributed by atoms with Gasteiger partial charge in [-0.3, -0.25) is 9.36 Å². The third-order valence-corrected chi connectivity index (χ3v) is 7.48. The fraction of sp³-hybridized carbons (Fsp3) is 0.605. The molecule has 0 radical (unpaired) electrons. The summed E-state index contributed by atoms with van der Waals surface area (Å²) in [6.07, 6.45) is 42.4. The van der Waals surface area contributed by atoms with E-state index in [0.29, 0.717) is 17.6 Å². The van der Waals surface area contributed by atoms with Crippen LogP contribution in [0.5, 0.6) is 0 Å². The summed E-state index contributed by atoms with van der Waals surface area (Å²) in [5, 5.41) is 0. The molecule has 8 nitrogen and oxygen atoms in total. The van der Waals surface area contributed by atoms with E-state index in [1.54, 1.807) is 0 Å². The number of hydrogen-bond donors (Lipinski definition) is 0. The van der Waals surface area contributed by atoms with Crippen molar-refractivity contribution in [3.05, 3.63) is 85.1 Å². The van der Waals surface area contributed by atoms with E-state index in [4.69, 9.17) is 18.5 Å². The quantitative estimate of drug-likeness (QED) is 0.0247. The molecule has 2 unspecified atom stereocenters. The number of phosphoric acid groups is 1. The summed E-state index contributed by atoms with van der Waals surface area (Å²) in [6, 6.07) is 0. The van der Waals surface area contributed by atoms with E-state index < -0.39 is 19.9 Å². The number of carbonyl (C=O) groups is 1. The van der Waals surface area contributed by atoms with Crippen LogP contribution in [0.25, 0.3) is 0 Å². The molecule has 0 heterocycles. The summed E-state index contributed by atoms with van der Waals surface area (Å²) in [6.45, 7) is 4.17. The molecule has 0 aromatic rings. The number of rotatable bonds is 30. The molecule has 0 rings (SSSR count). The Morgan fingerprint density at radius 2 is 1.13 bits per heavy atom. The molecule has 268 valence electrons. The van der Waals surface area contributed by atoms with Gasteiger partial charge in [0, 0.05) is 13.5 Å². The van der Waals surface area contributed by atoms with E-state index in [1.807, 2.05) is 21.1 Å². The second kappa shape index (κ2) is 31.0. The van der Waals surface area contributed by atoms with Gasteiger partial charge in [-0.05, 0) is 64.2 Å². The lowest BCUT2D eigenvalue weighted by atomic mass is 10.1. The van der Waals surface area contributed by atoms with Gasteiger partial charge in [0.25, 0.3) is 7.82 Å². The van der Waals surface area contributed by atoms with Crippen LogP contribution < -0.4 is 4.89 Å². The Morgan fingerprint density at radius 1 is 0.660 bits per heavy atom. The highest BCUT2D eigenvalue weighted by Crippen LogP contribution is 2.38. The van der Waals surface area contributed by atoms with Crippen LogP contribution in [0.3, 0.4) is 0 Å². The number of quaternary nitrogens is 1. The van der Waals surface area contributed by atoms with Gasteiger partial charge in [0.15, 0.2) is 0 Å². The Hall–Kier alpha value is -2.32. The molecule has 0 spiro atoms. The summed E-state index contributed by atoms with van der Waals surface area (Å²) < 4.78 is 33.1. The van der Waals surface area contributed by atoms with Crippen LogP contribution in [0.1, 0.15) is 90.9 Å². The average Bonchev–Trinajstić information content (AvgIpc) is 3.00. The molecule has 0 aromatic carbocycles. The van der Waals surface area contributed by atoms with Crippen LogP contribution in [-0.2, 0) is 27.9 Å². The molecule has 0 aliphatic rings. The summed E-state index contributed by atoms with van der Waals surface area (Å²) in [7, 11) is 1.31. The first-order valence-corrected chi connectivity index (χ1v) is 18.7. The highest BCUT2D eigenvalue weighted by atomic mass is 31.2. The highest BCUT2D eigenvalue weighted by Gasteiger charge is 2.19. The van der Waals surface area contributed by atoms with Crippen LogP contribution in [0.2, 0.25) is 0 Å². The number of nitrogens with zero attached hydrogens (tertiary/aromatic N) is 1. The topological polar surface area (TPSA) is 94.1 Å². The molecular formula is C38H64NO7P. The molecule has 0 fully saturated rings. The average molecular weight is 678 g/mol. The minimum Gasteiger partial charge on any atom is -0.756 e. The normalized spacial score (nSPS) is 15.1. The molecule has 0 amide bonds. The van der Waals surface area contributed by atoms with Crippen molar-refractivity contribution in [3.63, 3.8) is 0 Å². The molecule has 0 aromatic heterocycles. The number of hydrogen-bond acceptors (Lipinski definition) is 7. The maximum Gasteiger partial charge on any atom is 0.303 e. The van der Waals surface area contributed by atoms with Gasteiger partial charge < -0.3 is 27.9 Å². The van der Waals surface area contributed by atoms with Crippen molar-refractivity contribution < 1.29 is 37.3 Å². The predicted octanol–water partition coefficient (Wildman–Crippen LogP) is 8.74. The predicted molar refractivity (Wildman–Crippen MR) is 194 cm³/mol. The van der Waals surface area contributed by atoms with E-state index >= 15 is 0 Å². The third-order valence-electron chi connectivity index (χ3n) is 6.51. The number of unbranched alkanes of at least 4 members (excludes halogenated alkanes) is 4. The molecule has 0 saturated carbocycles. The standard InChI is InChI=1S/C38H64NO7P/c1-6-7-8-9-10-11-12-13-14-15-16-17-18-19-20-21-22-23-24-25-26-27-28-29-30-31-33-43-35-38(46-37(2)40)36-45-47(41,42)44-34-32-39(3,4)5/h7-8,10-11,13-14,16-17,19-20,22-23,25-26,38H,6,9,12,15,18,21,24,27-36H2,1-5H3/b8-7-,11-10-,14-13-,17-16-,20-19-,23-22-,26-25-. The number of likely N-dealkylation sites (N-methyl/N-ethyl adjacent to an activating group) is 1. The van der Waals surface area contributed by atoms with Gasteiger partial charge in [0.1, 0.15) is 19.3 Å². The van der Waals surface area contributed by atoms with Gasteiger partial charge in [-0.2, -0.15) is 0 Å². The van der Waals surface area contributed by atoms with Gasteiger partial charge in [-0.1, -0.05) is 105 Å². The minimum absolute atomic E-state index is 0.0122. The fourth-order valence-corrected chi connectivity index (χ4v) is 4.66. The summed E-state index contributed by atoms with van der Waals surface area (Å²) in [5.41, 5.74) is 0. The SMILES string of the molecule is CC/C=C\C/C=C\C/C=C\C/C=C\C/C=C\C/C=C\C/C=C\CCCCCCOCC(COP(=O)([O-])OCC[N+](C)(C)C)OC(C)=O. The second-order valence-corrected chi connectivity index (χ2v) is 13.6. The lowest BCUT2D eigenvalue weighted by Gasteiger charge is -2.28. The molecule has 2 atom stereocenters. The molecule has 9 heteroatoms. The van der Waals surface area contributed by atoms with Crippen LogP contribution in [0.4, 0.5) is 0 Å². The molecule has 0 aliphatic heterocycles. The van der Waals surface area contributed by atoms with Crippen molar-refractivity contribution in [1.82, 2.24) is 0 Å². The number of carbonyl (C=O) groups excluding carboxylic acids is 1. The monoisotopic (exact) mass is 677 g/mol. The van der Waals surface area contributed by atoms with Crippen molar-refractivity contribution in [1.29, 1.82) is 0 Å². The molecule has 0 N–H and O–H groups in total. The maximum absolute atomic E-state index is 12.0. The van der Waals surface area contributed by atoms with Crippen LogP contribution >= 0.6 is 7.82 Å². The minimum atomic E-state index is -4.49. The second-order valence-electron chi connectivity index (χ2n) is 12.2. The van der Waals surface area contributed by atoms with Crippen molar-refractivity contribution >= 4 is 13.8 Å². The largest absolute Gasteiger partial charge is 0.756 e. The Labute approximate surface area is 286 Å². The fourth-order valence-electron chi connectivity index (χ4n) is 3.93. The zero-order chi connectivity index (χ0) is 34.9. The lowest BCUT2D eigenvalue weighted by molar-refractivity contribution is -0.870. The Bertz CT molecular complexity index is 1020. The Morgan fingerprint density at radius 3 is 1.60 bits per heavy atom. The number of ether oxygens (including phenoxy) is 2. The Balaban J connectivity index is 3.81. The highest BCUT2D eigenvalue weighted by molar-refractivity contribution is 7.45. The molecular weight excluding hydrogens is 613 g/mol. The first-order valence-electron chi connectivity index (χ1n) is 17.3. The van der Waals surface area contributed by atoms with Crippen LogP contribution in [-0.4, -0.2) is 70.7 Å². The first kappa shape index (κ1) is 44.7. The van der Waals surface area contributed by atoms with Crippen LogP contribution in [0, 0.1) is 0 Å². The van der Waals surface area contributed by atoms with Gasteiger partial charge in [-0.15, -0.1) is 0 Å². The van der Waals surface area contributed by atoms with Crippen molar-refractivity contribution in [2.75, 3.05) is 54.1 Å². The molecule has 47 heavy (non-hydrogen) atoms. The van der Waals surface area contributed by atoms with Crippen molar-refractivity contribution in [2.45, 2.75) is 97.0 Å². The van der Waals surface area contributed by atoms with E-state index in [9.17, 15) is 14.3 Å². The van der Waals surface area contributed by atoms with Crippen LogP contribution in [0.15, 0.2) is 85.1 Å². The number of allylic oxidation sites excluding steroid dienone is 14. The Kier molecular flexibility index (Phi) is 29.4. The van der Waals surface area contributed by atoms with Gasteiger partial charge in [0.2, 0.25) is 0 Å². The van der Waals surface area contributed by atoms with Gasteiger partial charge >= 0.3 is 5.97 Å². The summed E-state index contributed by atoms with van der Waals surface area (Å²) in [4.78, 5) is 23.4. The lowest BCUT2D eigenvalue weighted by Crippen LogP contribution is -2.37. The summed E-state index contributed by atoms with van der Waals surface area (Å²) >= 11 is 0. The van der Waals surface area contributed by atoms with E-state index in [1.165, 1.54) is 6.92 Å². The number of phosphoric ester groups is 1. The smallest absolute Gasteiger partial charge is 0.303 e. The van der Waals surface area contributed by atoms with E-state index in [0.717, 1.165) is 77.0 Å². The van der Waals surface area contributed by atoms with E-state index in [-0.39, 0.29) is 19.8 Å². The third kappa shape index (κ3) is 36.4. The van der Waals surface area contributed by atoms with Gasteiger partial charge in [0.05, 0.1) is 34.4 Å². The van der Waals surface area contributed by atoms with E-state index in [2.05, 4.69) is 92.0 Å². The molecule has 0 bridgehead atoms. The zero-order valence-corrected chi connectivity index (χ0v) is 30.8.